The minimum atomic E-state index is -1.28. The maximum absolute atomic E-state index is 14.9. The zero-order valence-electron chi connectivity index (χ0n) is 39.8. The lowest BCUT2D eigenvalue weighted by Gasteiger charge is -2.32. The van der Waals surface area contributed by atoms with Crippen LogP contribution < -0.4 is 43.4 Å². The lowest BCUT2D eigenvalue weighted by molar-refractivity contribution is -0.145. The molecule has 23 nitrogen and oxygen atoms in total. The fourth-order valence-corrected chi connectivity index (χ4v) is 11.5. The van der Waals surface area contributed by atoms with Gasteiger partial charge in [-0.25, -0.2) is 9.78 Å². The van der Waals surface area contributed by atoms with Crippen molar-refractivity contribution in [2.45, 2.75) is 105 Å². The number of nitrogens with zero attached hydrogens (tertiary/aromatic N) is 4. The van der Waals surface area contributed by atoms with E-state index in [0.29, 0.717) is 35.4 Å². The molecule has 25 heteroatoms. The van der Waals surface area contributed by atoms with Crippen LogP contribution in [0.3, 0.4) is 0 Å². The average Bonchev–Trinajstić information content (AvgIpc) is 4.16. The van der Waals surface area contributed by atoms with Crippen LogP contribution >= 0.6 is 21.6 Å². The Balaban J connectivity index is 1.22. The first-order valence-corrected chi connectivity index (χ1v) is 26.1. The van der Waals surface area contributed by atoms with E-state index in [2.05, 4.69) is 46.9 Å². The van der Waals surface area contributed by atoms with Gasteiger partial charge in [0.25, 0.3) is 0 Å². The number of aliphatic imine (C=N–C) groups is 1. The second-order valence-electron chi connectivity index (χ2n) is 17.8. The van der Waals surface area contributed by atoms with Crippen molar-refractivity contribution in [1.29, 1.82) is 0 Å². The number of phenols is 1. The van der Waals surface area contributed by atoms with Crippen molar-refractivity contribution in [3.63, 3.8) is 0 Å². The number of H-pyrrole nitrogens is 1. The Kier molecular flexibility index (Phi) is 20.1. The van der Waals surface area contributed by atoms with Gasteiger partial charge in [0.15, 0.2) is 5.96 Å². The molecule has 3 aliphatic rings. The molecule has 72 heavy (non-hydrogen) atoms. The van der Waals surface area contributed by atoms with Crippen LogP contribution in [0.4, 0.5) is 0 Å². The molecule has 0 unspecified atom stereocenters. The summed E-state index contributed by atoms with van der Waals surface area (Å²) in [4.78, 5) is 125. The molecule has 388 valence electrons. The number of likely N-dealkylation sites (N-methyl/N-ethyl adjacent to an activating group) is 1. The maximum atomic E-state index is 14.9. The third-order valence-electron chi connectivity index (χ3n) is 12.4. The summed E-state index contributed by atoms with van der Waals surface area (Å²) in [6.45, 7) is 0.400. The number of carboxylic acids is 1. The highest BCUT2D eigenvalue weighted by Crippen LogP contribution is 2.37. The van der Waals surface area contributed by atoms with E-state index in [1.165, 1.54) is 56.0 Å². The van der Waals surface area contributed by atoms with Gasteiger partial charge in [0.1, 0.15) is 48.0 Å². The van der Waals surface area contributed by atoms with Gasteiger partial charge in [0.2, 0.25) is 41.4 Å². The van der Waals surface area contributed by atoms with Gasteiger partial charge in [0.05, 0.1) is 12.9 Å². The Labute approximate surface area is 424 Å². The predicted molar refractivity (Wildman–Crippen MR) is 269 cm³/mol. The molecule has 3 fully saturated rings. The Morgan fingerprint density at radius 3 is 2.35 bits per heavy atom. The van der Waals surface area contributed by atoms with Crippen LogP contribution in [0.25, 0.3) is 0 Å². The molecule has 7 amide bonds. The lowest BCUT2D eigenvalue weighted by Crippen LogP contribution is -2.60. The normalized spacial score (nSPS) is 21.4. The van der Waals surface area contributed by atoms with Gasteiger partial charge < -0.3 is 68.4 Å². The molecule has 2 bridgehead atoms. The smallest absolute Gasteiger partial charge is 0.326 e. The zero-order chi connectivity index (χ0) is 51.7. The molecule has 0 saturated carbocycles. The van der Waals surface area contributed by atoms with Gasteiger partial charge in [-0.3, -0.25) is 38.6 Å². The zero-order valence-corrected chi connectivity index (χ0v) is 41.4. The number of carbonyl (C=O) groups is 8. The first-order chi connectivity index (χ1) is 34.6. The summed E-state index contributed by atoms with van der Waals surface area (Å²) in [5.41, 5.74) is 12.7. The van der Waals surface area contributed by atoms with Crippen LogP contribution in [0.5, 0.6) is 5.75 Å². The monoisotopic (exact) mass is 1030 g/mol. The number of aromatic amines is 1. The first-order valence-electron chi connectivity index (χ1n) is 23.7. The summed E-state index contributed by atoms with van der Waals surface area (Å²) in [7, 11) is 4.41. The fraction of sp³-hybridized carbons (Fsp3) is 0.489. The number of carbonyl (C=O) groups excluding carboxylic acids is 7. The van der Waals surface area contributed by atoms with E-state index in [9.17, 15) is 48.6 Å². The van der Waals surface area contributed by atoms with Gasteiger partial charge in [-0.15, -0.1) is 0 Å². The second kappa shape index (κ2) is 26.5. The number of fused-ring (bicyclic) bond motifs is 2. The molecule has 3 aromatic rings. The largest absolute Gasteiger partial charge is 0.508 e. The number of phenolic OH excluding ortho intramolecular Hbond substituents is 1. The van der Waals surface area contributed by atoms with Crippen LogP contribution in [0.15, 0.2) is 72.1 Å². The standard InChI is InChI=1S/C47H63N13O10S2/c1-50-24-39(62)54-32(9-5-16-52-47(48)49)40(63)55-33-15-18-71-72-31-22-38(60(25-31)45(68)34(56-41(33)64)19-28-11-13-30(61)14-12-28)43(66)57-35(21-29-23-51-26-53-29)44(67)59-17-6-10-37(59)42(65)58-36(46(69)70)20-27-7-3-2-4-8-27/h2-4,7-8,11-14,23,26,31-38,50,61H,5-6,9-10,15-22,24-25H2,1H3,(H,51,53)(H,54,62)(H,55,63)(H,56,64)(H,57,66)(H,58,65)(H,69,70)(H4,48,49,52)/t31-,32-,33-,34-,35-,36-,37-,38-/m0/s1. The van der Waals surface area contributed by atoms with Crippen LogP contribution in [0.2, 0.25) is 0 Å². The van der Waals surface area contributed by atoms with Crippen molar-refractivity contribution in [1.82, 2.24) is 51.7 Å². The number of hydrogen-bond acceptors (Lipinski definition) is 14. The Morgan fingerprint density at radius 2 is 1.65 bits per heavy atom. The number of carboxylic acid groups (broad SMARTS) is 1. The first kappa shape index (κ1) is 54.5. The summed E-state index contributed by atoms with van der Waals surface area (Å²) in [5, 5.41) is 36.3. The topological polar surface area (TPSA) is 349 Å². The molecule has 13 N–H and O–H groups in total. The van der Waals surface area contributed by atoms with Gasteiger partial charge in [-0.2, -0.15) is 0 Å². The summed E-state index contributed by atoms with van der Waals surface area (Å²) in [6, 6.07) is 6.76. The number of aromatic nitrogens is 2. The molecule has 6 rings (SSSR count). The van der Waals surface area contributed by atoms with Crippen LogP contribution in [-0.4, -0.2) is 170 Å². The third-order valence-corrected chi connectivity index (χ3v) is 15.3. The highest BCUT2D eigenvalue weighted by Gasteiger charge is 2.45. The van der Waals surface area contributed by atoms with Gasteiger partial charge in [0, 0.05) is 61.8 Å². The number of rotatable bonds is 21. The van der Waals surface area contributed by atoms with Gasteiger partial charge in [-0.05, 0) is 68.8 Å². The molecule has 3 saturated heterocycles. The molecule has 4 heterocycles. The summed E-state index contributed by atoms with van der Waals surface area (Å²) in [6.07, 6.45) is 4.31. The molecule has 0 radical (unpaired) electrons. The van der Waals surface area contributed by atoms with E-state index < -0.39 is 89.6 Å². The number of guanidine groups is 1. The summed E-state index contributed by atoms with van der Waals surface area (Å²) >= 11 is 0. The average molecular weight is 1030 g/mol. The van der Waals surface area contributed by atoms with Gasteiger partial charge in [-0.1, -0.05) is 64.1 Å². The summed E-state index contributed by atoms with van der Waals surface area (Å²) in [5.74, 6) is -5.29. The van der Waals surface area contributed by atoms with Crippen LogP contribution in [0.1, 0.15) is 55.3 Å². The Morgan fingerprint density at radius 1 is 0.917 bits per heavy atom. The Bertz CT molecular complexity index is 2390. The molecule has 2 aromatic carbocycles. The van der Waals surface area contributed by atoms with Gasteiger partial charge >= 0.3 is 5.97 Å². The Hall–Kier alpha value is -6.86. The molecule has 1 aromatic heterocycles. The number of nitrogens with two attached hydrogens (primary N) is 2. The number of nitrogens with one attached hydrogen (secondary N) is 7. The highest BCUT2D eigenvalue weighted by atomic mass is 33.1. The second-order valence-corrected chi connectivity index (χ2v) is 20.6. The fourth-order valence-electron chi connectivity index (χ4n) is 8.83. The van der Waals surface area contributed by atoms with Crippen molar-refractivity contribution in [3.05, 3.63) is 83.9 Å². The van der Waals surface area contributed by atoms with E-state index in [1.54, 1.807) is 49.5 Å². The van der Waals surface area contributed by atoms with E-state index in [-0.39, 0.29) is 88.1 Å². The minimum Gasteiger partial charge on any atom is -0.508 e. The molecule has 3 aliphatic heterocycles. The van der Waals surface area contributed by atoms with Crippen molar-refractivity contribution in [2.75, 3.05) is 39.0 Å². The van der Waals surface area contributed by atoms with E-state index in [1.807, 2.05) is 0 Å². The number of imidazole rings is 1. The number of amides is 7. The number of hydrogen-bond donors (Lipinski definition) is 11. The van der Waals surface area contributed by atoms with Crippen molar-refractivity contribution in [3.8, 4) is 5.75 Å². The highest BCUT2D eigenvalue weighted by molar-refractivity contribution is 8.76. The van der Waals surface area contributed by atoms with E-state index >= 15 is 0 Å². The number of benzene rings is 2. The lowest BCUT2D eigenvalue weighted by atomic mass is 10.0. The SMILES string of the molecule is CNCC(=O)N[C@@H](CCCN=C(N)N)C(=O)N[C@H]1CCSS[C@H]2C[C@@H](C(=O)N[C@@H](Cc3cnc[nH]3)C(=O)N3CCC[C@H]3C(=O)N[C@@H](Cc3ccccc3)C(=O)O)N(C2)C(=O)[C@H](Cc2ccc(O)cc2)NC1=O. The molecule has 0 spiro atoms. The minimum absolute atomic E-state index is 0.0217. The van der Waals surface area contributed by atoms with Crippen LogP contribution in [0, 0.1) is 0 Å². The number of likely N-dealkylation sites (tertiary alicyclic amines) is 1. The van der Waals surface area contributed by atoms with Crippen molar-refractivity contribution in [2.24, 2.45) is 16.5 Å². The maximum Gasteiger partial charge on any atom is 0.326 e. The predicted octanol–water partition coefficient (Wildman–Crippen LogP) is -1.33. The quantitative estimate of drug-likeness (QED) is 0.0255. The molecular weight excluding hydrogens is 971 g/mol. The molecular formula is C47H63N13O10S2. The van der Waals surface area contributed by atoms with Crippen LogP contribution in [-0.2, 0) is 57.6 Å². The van der Waals surface area contributed by atoms with Crippen molar-refractivity contribution >= 4 is 74.9 Å². The van der Waals surface area contributed by atoms with Crippen molar-refractivity contribution < 1.29 is 48.6 Å². The molecule has 0 aliphatic carbocycles. The number of aliphatic carboxylic acids is 1. The van der Waals surface area contributed by atoms with E-state index in [0.717, 1.165) is 0 Å². The third kappa shape index (κ3) is 15.6. The summed E-state index contributed by atoms with van der Waals surface area (Å²) < 4.78 is 0. The number of aromatic hydroxyl groups is 1. The van der Waals surface area contributed by atoms with E-state index in [4.69, 9.17) is 11.5 Å². The molecule has 8 atom stereocenters.